The second-order valence-corrected chi connectivity index (χ2v) is 8.71. The van der Waals surface area contributed by atoms with E-state index < -0.39 is 18.4 Å². The second kappa shape index (κ2) is 10.1. The van der Waals surface area contributed by atoms with Crippen molar-refractivity contribution in [2.24, 2.45) is 0 Å². The highest BCUT2D eigenvalue weighted by Gasteiger charge is 2.41. The number of halogens is 2. The van der Waals surface area contributed by atoms with Gasteiger partial charge in [-0.25, -0.2) is 13.6 Å². The number of aryl methyl sites for hydroxylation is 1. The van der Waals surface area contributed by atoms with Gasteiger partial charge in [0.2, 0.25) is 0 Å². The number of carbonyl (C=O) groups is 1. The van der Waals surface area contributed by atoms with E-state index in [0.29, 0.717) is 18.8 Å². The number of aromatic carboxylic acids is 1. The first kappa shape index (κ1) is 24.2. The molecule has 34 heavy (non-hydrogen) atoms. The molecule has 0 spiro atoms. The van der Waals surface area contributed by atoms with E-state index in [9.17, 15) is 18.7 Å². The third-order valence-electron chi connectivity index (χ3n) is 6.72. The maximum absolute atomic E-state index is 14.4. The molecule has 2 N–H and O–H groups in total. The van der Waals surface area contributed by atoms with Gasteiger partial charge in [0.1, 0.15) is 5.75 Å². The Labute approximate surface area is 197 Å². The van der Waals surface area contributed by atoms with Crippen LogP contribution in [0.3, 0.4) is 0 Å². The van der Waals surface area contributed by atoms with Gasteiger partial charge in [0.15, 0.2) is 0 Å². The third kappa shape index (κ3) is 4.65. The molecule has 1 fully saturated rings. The Balaban J connectivity index is 1.79. The third-order valence-corrected chi connectivity index (χ3v) is 6.72. The lowest BCUT2D eigenvalue weighted by Crippen LogP contribution is -2.50. The molecule has 2 aromatic carbocycles. The lowest BCUT2D eigenvalue weighted by atomic mass is 9.87. The fraction of sp³-hybridized carbons (Fsp3) is 0.423. The highest BCUT2D eigenvalue weighted by molar-refractivity contribution is 5.88. The molecule has 3 aromatic rings. The fourth-order valence-electron chi connectivity index (χ4n) is 5.10. The first-order valence-electron chi connectivity index (χ1n) is 11.5. The summed E-state index contributed by atoms with van der Waals surface area (Å²) in [6, 6.07) is 8.97. The van der Waals surface area contributed by atoms with E-state index in [2.05, 4.69) is 4.98 Å². The number of benzene rings is 2. The van der Waals surface area contributed by atoms with Crippen LogP contribution in [0.5, 0.6) is 5.75 Å². The van der Waals surface area contributed by atoms with E-state index in [-0.39, 0.29) is 30.7 Å². The van der Waals surface area contributed by atoms with E-state index >= 15 is 0 Å². The van der Waals surface area contributed by atoms with Crippen molar-refractivity contribution in [2.45, 2.75) is 57.8 Å². The van der Waals surface area contributed by atoms with Gasteiger partial charge in [-0.15, -0.1) is 0 Å². The highest BCUT2D eigenvalue weighted by Crippen LogP contribution is 2.41. The molecule has 182 valence electrons. The van der Waals surface area contributed by atoms with E-state index in [1.165, 1.54) is 12.1 Å². The van der Waals surface area contributed by atoms with Gasteiger partial charge in [-0.05, 0) is 62.1 Å². The number of carboxylic acids is 1. The SMILES string of the molecule is CCO[C@H]1C[C@H](c2ccc(C(=O)O)cc2)N(Cc2c(OC)cc(C)c3[nH]ccc23)[C@@H](C(F)F)C1. The first-order chi connectivity index (χ1) is 16.3. The molecule has 0 bridgehead atoms. The smallest absolute Gasteiger partial charge is 0.335 e. The lowest BCUT2D eigenvalue weighted by molar-refractivity contribution is -0.0881. The summed E-state index contributed by atoms with van der Waals surface area (Å²) in [5.41, 5.74) is 3.76. The predicted molar refractivity (Wildman–Crippen MR) is 126 cm³/mol. The number of aromatic amines is 1. The topological polar surface area (TPSA) is 74.8 Å². The van der Waals surface area contributed by atoms with Gasteiger partial charge >= 0.3 is 5.97 Å². The van der Waals surface area contributed by atoms with Crippen LogP contribution in [0.1, 0.15) is 52.9 Å². The average Bonchev–Trinajstić information content (AvgIpc) is 3.32. The number of nitrogens with one attached hydrogen (secondary N) is 1. The first-order valence-corrected chi connectivity index (χ1v) is 11.5. The van der Waals surface area contributed by atoms with Crippen LogP contribution in [-0.2, 0) is 11.3 Å². The van der Waals surface area contributed by atoms with Gasteiger partial charge in [0.05, 0.1) is 24.8 Å². The predicted octanol–water partition coefficient (Wildman–Crippen LogP) is 5.56. The summed E-state index contributed by atoms with van der Waals surface area (Å²) in [4.78, 5) is 16.4. The molecule has 0 saturated carbocycles. The molecule has 1 aliphatic heterocycles. The highest BCUT2D eigenvalue weighted by atomic mass is 19.3. The Morgan fingerprint density at radius 1 is 1.24 bits per heavy atom. The minimum atomic E-state index is -2.57. The van der Waals surface area contributed by atoms with Crippen molar-refractivity contribution in [3.05, 3.63) is 64.8 Å². The number of hydrogen-bond donors (Lipinski definition) is 2. The van der Waals surface area contributed by atoms with Crippen LogP contribution >= 0.6 is 0 Å². The van der Waals surface area contributed by atoms with Gasteiger partial charge in [-0.1, -0.05) is 12.1 Å². The van der Waals surface area contributed by atoms with Crippen molar-refractivity contribution in [3.8, 4) is 5.75 Å². The van der Waals surface area contributed by atoms with Gasteiger partial charge in [0.25, 0.3) is 6.43 Å². The molecule has 0 unspecified atom stereocenters. The number of piperidine rings is 1. The van der Waals surface area contributed by atoms with E-state index in [1.807, 2.05) is 37.1 Å². The van der Waals surface area contributed by atoms with Crippen molar-refractivity contribution in [1.29, 1.82) is 0 Å². The molecule has 6 nitrogen and oxygen atoms in total. The Morgan fingerprint density at radius 3 is 2.59 bits per heavy atom. The van der Waals surface area contributed by atoms with Crippen molar-refractivity contribution in [2.75, 3.05) is 13.7 Å². The molecule has 3 atom stereocenters. The molecular formula is C26H30F2N2O4. The summed E-state index contributed by atoms with van der Waals surface area (Å²) in [7, 11) is 1.59. The van der Waals surface area contributed by atoms with Crippen LogP contribution in [0.4, 0.5) is 8.78 Å². The number of alkyl halides is 2. The zero-order valence-electron chi connectivity index (χ0n) is 19.6. The summed E-state index contributed by atoms with van der Waals surface area (Å²) < 4.78 is 40.3. The average molecular weight is 473 g/mol. The minimum Gasteiger partial charge on any atom is -0.496 e. The maximum atomic E-state index is 14.4. The molecular weight excluding hydrogens is 442 g/mol. The largest absolute Gasteiger partial charge is 0.496 e. The van der Waals surface area contributed by atoms with Crippen LogP contribution in [0.15, 0.2) is 42.6 Å². The fourth-order valence-corrected chi connectivity index (χ4v) is 5.10. The number of likely N-dealkylation sites (tertiary alicyclic amines) is 1. The summed E-state index contributed by atoms with van der Waals surface area (Å²) in [6.45, 7) is 4.55. The monoisotopic (exact) mass is 472 g/mol. The number of ether oxygens (including phenoxy) is 2. The van der Waals surface area contributed by atoms with Gasteiger partial charge in [-0.3, -0.25) is 4.90 Å². The van der Waals surface area contributed by atoms with Crippen molar-refractivity contribution >= 4 is 16.9 Å². The number of rotatable bonds is 8. The minimum absolute atomic E-state index is 0.159. The van der Waals surface area contributed by atoms with Crippen molar-refractivity contribution in [3.63, 3.8) is 0 Å². The Bertz CT molecular complexity index is 1150. The van der Waals surface area contributed by atoms with Crippen LogP contribution in [0, 0.1) is 6.92 Å². The van der Waals surface area contributed by atoms with Gasteiger partial charge < -0.3 is 19.6 Å². The lowest BCUT2D eigenvalue weighted by Gasteiger charge is -2.45. The molecule has 0 aliphatic carbocycles. The Kier molecular flexibility index (Phi) is 7.19. The molecule has 1 saturated heterocycles. The number of nitrogens with zero attached hydrogens (tertiary/aromatic N) is 1. The molecule has 1 aliphatic rings. The normalized spacial score (nSPS) is 21.3. The Morgan fingerprint density at radius 2 is 1.97 bits per heavy atom. The number of hydrogen-bond acceptors (Lipinski definition) is 4. The molecule has 0 radical (unpaired) electrons. The second-order valence-electron chi connectivity index (χ2n) is 8.71. The molecule has 8 heteroatoms. The molecule has 1 aromatic heterocycles. The van der Waals surface area contributed by atoms with Crippen LogP contribution in [0.2, 0.25) is 0 Å². The van der Waals surface area contributed by atoms with E-state index in [0.717, 1.165) is 27.6 Å². The van der Waals surface area contributed by atoms with Crippen LogP contribution < -0.4 is 4.74 Å². The number of carboxylic acid groups (broad SMARTS) is 1. The summed E-state index contributed by atoms with van der Waals surface area (Å²) in [5.74, 6) is -0.367. The van der Waals surface area contributed by atoms with Gasteiger partial charge in [-0.2, -0.15) is 0 Å². The maximum Gasteiger partial charge on any atom is 0.335 e. The van der Waals surface area contributed by atoms with Crippen molar-refractivity contribution in [1.82, 2.24) is 9.88 Å². The number of methoxy groups -OCH3 is 1. The van der Waals surface area contributed by atoms with Crippen LogP contribution in [0.25, 0.3) is 10.9 Å². The summed E-state index contributed by atoms with van der Waals surface area (Å²) in [6.07, 6.45) is -0.277. The molecule has 0 amide bonds. The number of aromatic nitrogens is 1. The number of fused-ring (bicyclic) bond motifs is 1. The zero-order valence-corrected chi connectivity index (χ0v) is 19.6. The van der Waals surface area contributed by atoms with E-state index in [4.69, 9.17) is 9.47 Å². The van der Waals surface area contributed by atoms with Crippen LogP contribution in [-0.4, -0.2) is 53.2 Å². The standard InChI is InChI=1S/C26H30F2N2O4/c1-4-34-18-12-21(16-5-7-17(8-6-16)26(31)32)30(22(13-18)25(27)28)14-20-19-9-10-29-24(19)15(2)11-23(20)33-3/h5-11,18,21-22,25,29H,4,12-14H2,1-3H3,(H,31,32)/t18-,21+,22+/m0/s1. The number of H-pyrrole nitrogens is 1. The molecule has 2 heterocycles. The molecule has 4 rings (SSSR count). The van der Waals surface area contributed by atoms with Gasteiger partial charge in [0, 0.05) is 41.9 Å². The Hall–Kier alpha value is -2.97. The summed E-state index contributed by atoms with van der Waals surface area (Å²) in [5, 5.41) is 10.2. The quantitative estimate of drug-likeness (QED) is 0.449. The summed E-state index contributed by atoms with van der Waals surface area (Å²) >= 11 is 0. The van der Waals surface area contributed by atoms with Crippen molar-refractivity contribution < 1.29 is 28.2 Å². The van der Waals surface area contributed by atoms with E-state index in [1.54, 1.807) is 19.2 Å². The zero-order chi connectivity index (χ0) is 24.4.